The van der Waals surface area contributed by atoms with Crippen molar-refractivity contribution < 1.29 is 14.3 Å². The largest absolute Gasteiger partial charge is 0.494 e. The summed E-state index contributed by atoms with van der Waals surface area (Å²) in [5, 5.41) is 12.7. The summed E-state index contributed by atoms with van der Waals surface area (Å²) in [6.07, 6.45) is 1.47. The van der Waals surface area contributed by atoms with Crippen molar-refractivity contribution in [2.24, 2.45) is 0 Å². The Bertz CT molecular complexity index is 1100. The van der Waals surface area contributed by atoms with Gasteiger partial charge in [0.15, 0.2) is 0 Å². The summed E-state index contributed by atoms with van der Waals surface area (Å²) >= 11 is 6.13. The second-order valence-corrected chi connectivity index (χ2v) is 6.97. The van der Waals surface area contributed by atoms with E-state index in [1.807, 2.05) is 43.3 Å². The van der Waals surface area contributed by atoms with Crippen molar-refractivity contribution in [1.82, 2.24) is 0 Å². The van der Waals surface area contributed by atoms with Gasteiger partial charge in [-0.15, -0.1) is 0 Å². The van der Waals surface area contributed by atoms with E-state index in [1.165, 1.54) is 6.08 Å². The lowest BCUT2D eigenvalue weighted by Gasteiger charge is -2.11. The number of nitrogens with one attached hydrogen (secondary N) is 1. The molecule has 0 aliphatic heterocycles. The quantitative estimate of drug-likeness (QED) is 0.357. The van der Waals surface area contributed by atoms with Crippen LogP contribution in [-0.2, 0) is 11.4 Å². The highest BCUT2D eigenvalue weighted by Crippen LogP contribution is 2.26. The van der Waals surface area contributed by atoms with Crippen molar-refractivity contribution in [1.29, 1.82) is 5.26 Å². The van der Waals surface area contributed by atoms with Crippen molar-refractivity contribution >= 4 is 29.3 Å². The van der Waals surface area contributed by atoms with Crippen molar-refractivity contribution in [2.45, 2.75) is 13.5 Å². The molecule has 0 saturated heterocycles. The Labute approximate surface area is 186 Å². The Morgan fingerprint density at radius 3 is 2.48 bits per heavy atom. The summed E-state index contributed by atoms with van der Waals surface area (Å²) in [4.78, 5) is 12.6. The van der Waals surface area contributed by atoms with Crippen LogP contribution in [0.3, 0.4) is 0 Å². The molecule has 3 aromatic rings. The van der Waals surface area contributed by atoms with E-state index in [0.29, 0.717) is 41.0 Å². The first-order chi connectivity index (χ1) is 15.1. The van der Waals surface area contributed by atoms with E-state index < -0.39 is 5.91 Å². The van der Waals surface area contributed by atoms with E-state index in [0.717, 1.165) is 5.56 Å². The van der Waals surface area contributed by atoms with Crippen LogP contribution in [0, 0.1) is 11.3 Å². The molecule has 3 aromatic carbocycles. The van der Waals surface area contributed by atoms with Gasteiger partial charge in [0.25, 0.3) is 5.91 Å². The predicted molar refractivity (Wildman–Crippen MR) is 122 cm³/mol. The minimum Gasteiger partial charge on any atom is -0.494 e. The summed E-state index contributed by atoms with van der Waals surface area (Å²) in [5.41, 5.74) is 2.03. The zero-order valence-corrected chi connectivity index (χ0v) is 17.7. The number of amides is 1. The molecular formula is C25H21ClN2O3. The number of hydrogen-bond donors (Lipinski definition) is 1. The van der Waals surface area contributed by atoms with Gasteiger partial charge in [-0.1, -0.05) is 41.9 Å². The highest BCUT2D eigenvalue weighted by atomic mass is 35.5. The van der Waals surface area contributed by atoms with Crippen LogP contribution in [0.4, 0.5) is 5.69 Å². The zero-order chi connectivity index (χ0) is 22.1. The van der Waals surface area contributed by atoms with Gasteiger partial charge in [0.05, 0.1) is 6.61 Å². The number of halogens is 1. The Hall–Kier alpha value is -3.75. The second-order valence-electron chi connectivity index (χ2n) is 6.54. The Kier molecular flexibility index (Phi) is 7.69. The van der Waals surface area contributed by atoms with E-state index in [-0.39, 0.29) is 5.57 Å². The third-order valence-electron chi connectivity index (χ3n) is 4.30. The first-order valence-corrected chi connectivity index (χ1v) is 10.1. The highest BCUT2D eigenvalue weighted by molar-refractivity contribution is 6.30. The third-order valence-corrected chi connectivity index (χ3v) is 4.53. The van der Waals surface area contributed by atoms with E-state index in [1.54, 1.807) is 42.5 Å². The van der Waals surface area contributed by atoms with Crippen molar-refractivity contribution in [3.8, 4) is 17.6 Å². The SMILES string of the molecule is CCOc1ccc(NC(=O)/C(C#N)=C/c2cc(Cl)ccc2OCc2ccccc2)cc1. The maximum absolute atomic E-state index is 12.6. The fourth-order valence-corrected chi connectivity index (χ4v) is 2.98. The van der Waals surface area contributed by atoms with Crippen LogP contribution in [0.15, 0.2) is 78.4 Å². The Balaban J connectivity index is 1.78. The van der Waals surface area contributed by atoms with Gasteiger partial charge in [0, 0.05) is 16.3 Å². The lowest BCUT2D eigenvalue weighted by Crippen LogP contribution is -2.13. The number of benzene rings is 3. The molecule has 31 heavy (non-hydrogen) atoms. The van der Waals surface area contributed by atoms with Crippen LogP contribution >= 0.6 is 11.6 Å². The van der Waals surface area contributed by atoms with Gasteiger partial charge in [-0.05, 0) is 61.0 Å². The molecule has 6 heteroatoms. The lowest BCUT2D eigenvalue weighted by molar-refractivity contribution is -0.112. The fraction of sp³-hybridized carbons (Fsp3) is 0.120. The summed E-state index contributed by atoms with van der Waals surface area (Å²) < 4.78 is 11.3. The summed E-state index contributed by atoms with van der Waals surface area (Å²) in [6.45, 7) is 2.80. The van der Waals surface area contributed by atoms with Gasteiger partial charge in [-0.3, -0.25) is 4.79 Å². The van der Waals surface area contributed by atoms with Crippen molar-refractivity contribution in [3.05, 3.63) is 94.5 Å². The Morgan fingerprint density at radius 1 is 1.06 bits per heavy atom. The molecule has 3 rings (SSSR count). The van der Waals surface area contributed by atoms with Gasteiger partial charge in [0.2, 0.25) is 0 Å². The van der Waals surface area contributed by atoms with E-state index >= 15 is 0 Å². The standard InChI is InChI=1S/C25H21ClN2O3/c1-2-30-23-11-9-22(10-12-23)28-25(29)20(16-27)14-19-15-21(26)8-13-24(19)31-17-18-6-4-3-5-7-18/h3-15H,2,17H2,1H3,(H,28,29)/b20-14+. The average Bonchev–Trinajstić information content (AvgIpc) is 2.79. The zero-order valence-electron chi connectivity index (χ0n) is 17.0. The molecule has 0 spiro atoms. The summed E-state index contributed by atoms with van der Waals surface area (Å²) in [7, 11) is 0. The minimum absolute atomic E-state index is 0.0688. The molecule has 0 saturated carbocycles. The molecule has 0 aliphatic carbocycles. The van der Waals surface area contributed by atoms with E-state index in [4.69, 9.17) is 21.1 Å². The smallest absolute Gasteiger partial charge is 0.266 e. The Morgan fingerprint density at radius 2 is 1.81 bits per heavy atom. The minimum atomic E-state index is -0.527. The van der Waals surface area contributed by atoms with E-state index in [9.17, 15) is 10.1 Å². The number of anilines is 1. The molecule has 0 unspecified atom stereocenters. The topological polar surface area (TPSA) is 71.3 Å². The molecule has 0 radical (unpaired) electrons. The molecular weight excluding hydrogens is 412 g/mol. The highest BCUT2D eigenvalue weighted by Gasteiger charge is 2.12. The fourth-order valence-electron chi connectivity index (χ4n) is 2.80. The van der Waals surface area contributed by atoms with Crippen LogP contribution in [-0.4, -0.2) is 12.5 Å². The molecule has 0 fully saturated rings. The van der Waals surface area contributed by atoms with Crippen LogP contribution in [0.1, 0.15) is 18.1 Å². The monoisotopic (exact) mass is 432 g/mol. The number of carbonyl (C=O) groups excluding carboxylic acids is 1. The van der Waals surface area contributed by atoms with Crippen LogP contribution in [0.2, 0.25) is 5.02 Å². The molecule has 0 aromatic heterocycles. The number of nitriles is 1. The van der Waals surface area contributed by atoms with Crippen LogP contribution < -0.4 is 14.8 Å². The second kappa shape index (κ2) is 10.9. The van der Waals surface area contributed by atoms with Crippen LogP contribution in [0.25, 0.3) is 6.08 Å². The first kappa shape index (κ1) is 21.9. The molecule has 1 N–H and O–H groups in total. The van der Waals surface area contributed by atoms with Crippen molar-refractivity contribution in [2.75, 3.05) is 11.9 Å². The number of ether oxygens (including phenoxy) is 2. The molecule has 1 amide bonds. The van der Waals surface area contributed by atoms with Gasteiger partial charge in [0.1, 0.15) is 29.7 Å². The average molecular weight is 433 g/mol. The maximum Gasteiger partial charge on any atom is 0.266 e. The number of nitrogens with zero attached hydrogens (tertiary/aromatic N) is 1. The number of hydrogen-bond acceptors (Lipinski definition) is 4. The maximum atomic E-state index is 12.6. The molecule has 0 aliphatic rings. The van der Waals surface area contributed by atoms with Crippen molar-refractivity contribution in [3.63, 3.8) is 0 Å². The number of carbonyl (C=O) groups is 1. The third kappa shape index (κ3) is 6.36. The normalized spacial score (nSPS) is 10.8. The molecule has 5 nitrogen and oxygen atoms in total. The van der Waals surface area contributed by atoms with Gasteiger partial charge < -0.3 is 14.8 Å². The number of rotatable bonds is 8. The predicted octanol–water partition coefficient (Wildman–Crippen LogP) is 5.86. The van der Waals surface area contributed by atoms with Gasteiger partial charge in [-0.2, -0.15) is 5.26 Å². The van der Waals surface area contributed by atoms with Gasteiger partial charge >= 0.3 is 0 Å². The lowest BCUT2D eigenvalue weighted by atomic mass is 10.1. The van der Waals surface area contributed by atoms with Crippen LogP contribution in [0.5, 0.6) is 11.5 Å². The van der Waals surface area contributed by atoms with E-state index in [2.05, 4.69) is 5.32 Å². The molecule has 0 atom stereocenters. The summed E-state index contributed by atoms with van der Waals surface area (Å²) in [5.74, 6) is 0.700. The summed E-state index contributed by atoms with van der Waals surface area (Å²) in [6, 6.07) is 23.7. The molecule has 0 heterocycles. The molecule has 156 valence electrons. The molecule has 0 bridgehead atoms. The van der Waals surface area contributed by atoms with Gasteiger partial charge in [-0.25, -0.2) is 0 Å². The first-order valence-electron chi connectivity index (χ1n) is 9.71.